The van der Waals surface area contributed by atoms with Gasteiger partial charge in [-0.05, 0) is 43.1 Å². The maximum Gasteiger partial charge on any atom is 0.228 e. The van der Waals surface area contributed by atoms with Gasteiger partial charge in [0.25, 0.3) is 0 Å². The lowest BCUT2D eigenvalue weighted by Gasteiger charge is -2.24. The molecule has 1 fully saturated rings. The van der Waals surface area contributed by atoms with Crippen molar-refractivity contribution in [1.29, 1.82) is 0 Å². The van der Waals surface area contributed by atoms with Crippen molar-refractivity contribution in [1.82, 2.24) is 24.8 Å². The van der Waals surface area contributed by atoms with Crippen LogP contribution >= 0.6 is 11.6 Å². The molecule has 3 heterocycles. The van der Waals surface area contributed by atoms with Gasteiger partial charge in [-0.15, -0.1) is 0 Å². The summed E-state index contributed by atoms with van der Waals surface area (Å²) in [7, 11) is 0. The minimum absolute atomic E-state index is 0.288. The fraction of sp³-hybridized carbons (Fsp3) is 0.263. The highest BCUT2D eigenvalue weighted by atomic mass is 35.5. The first kappa shape index (κ1) is 16.9. The van der Waals surface area contributed by atoms with Gasteiger partial charge in [0.05, 0.1) is 17.9 Å². The zero-order valence-corrected chi connectivity index (χ0v) is 15.0. The summed E-state index contributed by atoms with van der Waals surface area (Å²) in [6.07, 6.45) is 8.97. The van der Waals surface area contributed by atoms with E-state index in [0.29, 0.717) is 11.8 Å². The van der Waals surface area contributed by atoms with Gasteiger partial charge in [0, 0.05) is 30.2 Å². The van der Waals surface area contributed by atoms with Gasteiger partial charge in [-0.3, -0.25) is 9.88 Å². The van der Waals surface area contributed by atoms with Crippen LogP contribution in [0.25, 0.3) is 0 Å². The van der Waals surface area contributed by atoms with Crippen LogP contribution in [0.3, 0.4) is 0 Å². The Morgan fingerprint density at radius 2 is 1.96 bits per heavy atom. The van der Waals surface area contributed by atoms with E-state index in [-0.39, 0.29) is 6.04 Å². The predicted octanol–water partition coefficient (Wildman–Crippen LogP) is 4.00. The standard InChI is InChI=1S/C19H19ClN6/c20-15-5-3-14(4-6-15)13-26-11-1-2-17(26)16-7-8-23-19(24-16)25-18-12-21-9-10-22-18/h3-10,12,17H,1-2,11,13H2,(H,22,23,24,25)/t17-/m1/s1. The van der Waals surface area contributed by atoms with Crippen LogP contribution in [0.5, 0.6) is 0 Å². The number of nitrogens with zero attached hydrogens (tertiary/aromatic N) is 5. The molecule has 0 spiro atoms. The van der Waals surface area contributed by atoms with E-state index in [1.165, 1.54) is 5.56 Å². The summed E-state index contributed by atoms with van der Waals surface area (Å²) in [6, 6.07) is 10.3. The van der Waals surface area contributed by atoms with E-state index in [0.717, 1.165) is 36.6 Å². The molecule has 0 radical (unpaired) electrons. The van der Waals surface area contributed by atoms with Crippen molar-refractivity contribution in [3.63, 3.8) is 0 Å². The van der Waals surface area contributed by atoms with E-state index in [4.69, 9.17) is 16.6 Å². The van der Waals surface area contributed by atoms with Gasteiger partial charge in [0.2, 0.25) is 5.95 Å². The topological polar surface area (TPSA) is 66.8 Å². The summed E-state index contributed by atoms with van der Waals surface area (Å²) < 4.78 is 0. The van der Waals surface area contributed by atoms with E-state index in [9.17, 15) is 0 Å². The van der Waals surface area contributed by atoms with E-state index in [2.05, 4.69) is 37.3 Å². The summed E-state index contributed by atoms with van der Waals surface area (Å²) in [5.41, 5.74) is 2.28. The molecule has 132 valence electrons. The highest BCUT2D eigenvalue weighted by Gasteiger charge is 2.27. The predicted molar refractivity (Wildman–Crippen MR) is 101 cm³/mol. The van der Waals surface area contributed by atoms with Crippen molar-refractivity contribution < 1.29 is 0 Å². The summed E-state index contributed by atoms with van der Waals surface area (Å²) in [4.78, 5) is 19.7. The van der Waals surface area contributed by atoms with E-state index in [1.54, 1.807) is 24.8 Å². The molecule has 4 rings (SSSR count). The first-order valence-corrected chi connectivity index (χ1v) is 9.00. The zero-order chi connectivity index (χ0) is 17.8. The Balaban J connectivity index is 1.50. The van der Waals surface area contributed by atoms with E-state index >= 15 is 0 Å². The molecule has 0 aliphatic carbocycles. The highest BCUT2D eigenvalue weighted by molar-refractivity contribution is 6.30. The van der Waals surface area contributed by atoms with Crippen LogP contribution in [0.1, 0.15) is 30.1 Å². The second-order valence-electron chi connectivity index (χ2n) is 6.28. The SMILES string of the molecule is Clc1ccc(CN2CCC[C@@H]2c2ccnc(Nc3cnccn3)n2)cc1. The highest BCUT2D eigenvalue weighted by Crippen LogP contribution is 2.32. The average Bonchev–Trinajstić information content (AvgIpc) is 3.13. The number of aromatic nitrogens is 4. The molecule has 0 unspecified atom stereocenters. The molecule has 26 heavy (non-hydrogen) atoms. The van der Waals surface area contributed by atoms with Crippen LogP contribution in [0.2, 0.25) is 5.02 Å². The number of benzene rings is 1. The van der Waals surface area contributed by atoms with E-state index in [1.807, 2.05) is 18.2 Å². The second kappa shape index (κ2) is 7.76. The van der Waals surface area contributed by atoms with Crippen LogP contribution in [0.15, 0.2) is 55.1 Å². The van der Waals surface area contributed by atoms with Crippen molar-refractivity contribution in [3.8, 4) is 0 Å². The number of rotatable bonds is 5. The summed E-state index contributed by atoms with van der Waals surface area (Å²) >= 11 is 5.99. The lowest BCUT2D eigenvalue weighted by Crippen LogP contribution is -2.23. The minimum atomic E-state index is 0.288. The van der Waals surface area contributed by atoms with Gasteiger partial charge in [-0.2, -0.15) is 0 Å². The molecule has 0 bridgehead atoms. The van der Waals surface area contributed by atoms with Crippen molar-refractivity contribution >= 4 is 23.4 Å². The third kappa shape index (κ3) is 3.98. The van der Waals surface area contributed by atoms with Gasteiger partial charge < -0.3 is 5.32 Å². The number of halogens is 1. The normalized spacial score (nSPS) is 17.3. The summed E-state index contributed by atoms with van der Waals surface area (Å²) in [5, 5.41) is 3.88. The summed E-state index contributed by atoms with van der Waals surface area (Å²) in [5.74, 6) is 1.18. The fourth-order valence-corrected chi connectivity index (χ4v) is 3.40. The number of nitrogens with one attached hydrogen (secondary N) is 1. The maximum absolute atomic E-state index is 5.99. The first-order valence-electron chi connectivity index (χ1n) is 8.62. The lowest BCUT2D eigenvalue weighted by molar-refractivity contribution is 0.244. The number of hydrogen-bond donors (Lipinski definition) is 1. The van der Waals surface area contributed by atoms with Crippen LogP contribution < -0.4 is 5.32 Å². The van der Waals surface area contributed by atoms with Crippen LogP contribution in [-0.4, -0.2) is 31.4 Å². The van der Waals surface area contributed by atoms with Gasteiger partial charge in [-0.25, -0.2) is 15.0 Å². The fourth-order valence-electron chi connectivity index (χ4n) is 3.27. The van der Waals surface area contributed by atoms with Crippen molar-refractivity contribution in [3.05, 3.63) is 71.4 Å². The third-order valence-corrected chi connectivity index (χ3v) is 4.74. The van der Waals surface area contributed by atoms with Crippen LogP contribution in [-0.2, 0) is 6.54 Å². The molecule has 1 aromatic carbocycles. The smallest absolute Gasteiger partial charge is 0.228 e. The third-order valence-electron chi connectivity index (χ3n) is 4.48. The molecular weight excluding hydrogens is 348 g/mol. The van der Waals surface area contributed by atoms with Crippen LogP contribution in [0.4, 0.5) is 11.8 Å². The molecule has 1 aliphatic heterocycles. The number of anilines is 2. The molecule has 1 aliphatic rings. The second-order valence-corrected chi connectivity index (χ2v) is 6.71. The Hall–Kier alpha value is -2.57. The quantitative estimate of drug-likeness (QED) is 0.736. The average molecular weight is 367 g/mol. The molecule has 1 saturated heterocycles. The molecule has 2 aromatic heterocycles. The number of likely N-dealkylation sites (tertiary alicyclic amines) is 1. The number of hydrogen-bond acceptors (Lipinski definition) is 6. The van der Waals surface area contributed by atoms with Gasteiger partial charge in [0.15, 0.2) is 5.82 Å². The van der Waals surface area contributed by atoms with Gasteiger partial charge in [0.1, 0.15) is 0 Å². The Bertz CT molecular complexity index is 855. The van der Waals surface area contributed by atoms with Crippen molar-refractivity contribution in [2.75, 3.05) is 11.9 Å². The zero-order valence-electron chi connectivity index (χ0n) is 14.2. The van der Waals surface area contributed by atoms with Crippen LogP contribution in [0, 0.1) is 0 Å². The molecular formula is C19H19ClN6. The van der Waals surface area contributed by atoms with Crippen molar-refractivity contribution in [2.24, 2.45) is 0 Å². The Morgan fingerprint density at radius 3 is 2.77 bits per heavy atom. The molecule has 3 aromatic rings. The largest absolute Gasteiger partial charge is 0.307 e. The van der Waals surface area contributed by atoms with Gasteiger partial charge >= 0.3 is 0 Å². The van der Waals surface area contributed by atoms with Crippen molar-refractivity contribution in [2.45, 2.75) is 25.4 Å². The molecule has 7 heteroatoms. The van der Waals surface area contributed by atoms with Gasteiger partial charge in [-0.1, -0.05) is 23.7 Å². The lowest BCUT2D eigenvalue weighted by atomic mass is 10.1. The molecule has 1 N–H and O–H groups in total. The molecule has 0 amide bonds. The minimum Gasteiger partial charge on any atom is -0.307 e. The first-order chi connectivity index (χ1) is 12.8. The maximum atomic E-state index is 5.99. The monoisotopic (exact) mass is 366 g/mol. The van der Waals surface area contributed by atoms with E-state index < -0.39 is 0 Å². The molecule has 1 atom stereocenters. The molecule has 6 nitrogen and oxygen atoms in total. The molecule has 0 saturated carbocycles. The summed E-state index contributed by atoms with van der Waals surface area (Å²) in [6.45, 7) is 1.95. The Kier molecular flexibility index (Phi) is 5.04. The Morgan fingerprint density at radius 1 is 1.08 bits per heavy atom. The Labute approximate surface area is 157 Å².